The maximum atomic E-state index is 8.18. The van der Waals surface area contributed by atoms with Gasteiger partial charge in [0.05, 0.1) is 18.4 Å². The van der Waals surface area contributed by atoms with E-state index in [0.717, 1.165) is 46.7 Å². The van der Waals surface area contributed by atoms with Crippen molar-refractivity contribution in [2.45, 2.75) is 26.4 Å². The summed E-state index contributed by atoms with van der Waals surface area (Å²) in [4.78, 5) is 0. The quantitative estimate of drug-likeness (QED) is 0.546. The number of ether oxygens (including phenoxy) is 2. The second kappa shape index (κ2) is 10.3. The molecule has 5 nitrogen and oxygen atoms in total. The largest absolute Gasteiger partial charge is 0.496 e. The Morgan fingerprint density at radius 2 is 1.96 bits per heavy atom. The predicted octanol–water partition coefficient (Wildman–Crippen LogP) is 4.37. The second-order valence-electron chi connectivity index (χ2n) is 6.13. The molecule has 0 aliphatic carbocycles. The first-order chi connectivity index (χ1) is 13.1. The van der Waals surface area contributed by atoms with Crippen molar-refractivity contribution in [3.05, 3.63) is 65.4 Å². The highest BCUT2D eigenvalue weighted by atomic mass is 16.5. The van der Waals surface area contributed by atoms with Crippen molar-refractivity contribution in [2.75, 3.05) is 26.5 Å². The maximum absolute atomic E-state index is 8.18. The lowest BCUT2D eigenvalue weighted by Gasteiger charge is -2.17. The first-order valence-corrected chi connectivity index (χ1v) is 9.16. The van der Waals surface area contributed by atoms with Crippen molar-refractivity contribution >= 4 is 11.4 Å². The van der Waals surface area contributed by atoms with Gasteiger partial charge in [-0.15, -0.1) is 0 Å². The van der Waals surface area contributed by atoms with Gasteiger partial charge in [-0.05, 0) is 60.2 Å². The zero-order valence-corrected chi connectivity index (χ0v) is 16.6. The van der Waals surface area contributed by atoms with Gasteiger partial charge in [-0.3, -0.25) is 0 Å². The average Bonchev–Trinajstić information content (AvgIpc) is 2.70. The van der Waals surface area contributed by atoms with Gasteiger partial charge in [0, 0.05) is 19.8 Å². The summed E-state index contributed by atoms with van der Waals surface area (Å²) in [6.07, 6.45) is 5.42. The van der Waals surface area contributed by atoms with E-state index in [0.29, 0.717) is 12.3 Å². The van der Waals surface area contributed by atoms with Crippen molar-refractivity contribution in [3.63, 3.8) is 0 Å². The zero-order chi connectivity index (χ0) is 19.6. The second-order valence-corrected chi connectivity index (χ2v) is 6.13. The summed E-state index contributed by atoms with van der Waals surface area (Å²) < 4.78 is 11.6. The van der Waals surface area contributed by atoms with Crippen LogP contribution in [0.25, 0.3) is 0 Å². The topological polar surface area (TPSA) is 66.4 Å². The lowest BCUT2D eigenvalue weighted by Crippen LogP contribution is -2.06. The minimum absolute atomic E-state index is 0.410. The fraction of sp³-hybridized carbons (Fsp3) is 0.318. The van der Waals surface area contributed by atoms with Crippen LogP contribution in [-0.2, 0) is 13.0 Å². The minimum Gasteiger partial charge on any atom is -0.496 e. The lowest BCUT2D eigenvalue weighted by atomic mass is 10.0. The van der Waals surface area contributed by atoms with Crippen molar-refractivity contribution < 1.29 is 9.47 Å². The molecular formula is C22H29N3O2. The Morgan fingerprint density at radius 1 is 1.15 bits per heavy atom. The number of methoxy groups -OCH3 is 1. The normalized spacial score (nSPS) is 10.7. The zero-order valence-electron chi connectivity index (χ0n) is 16.6. The third kappa shape index (κ3) is 5.26. The fourth-order valence-electron chi connectivity index (χ4n) is 2.91. The van der Waals surface area contributed by atoms with Crippen LogP contribution in [0.15, 0.2) is 48.7 Å². The summed E-state index contributed by atoms with van der Waals surface area (Å²) in [6.45, 7) is 2.55. The highest BCUT2D eigenvalue weighted by molar-refractivity contribution is 6.06. The van der Waals surface area contributed by atoms with Gasteiger partial charge < -0.3 is 25.5 Å². The van der Waals surface area contributed by atoms with Crippen LogP contribution in [0.4, 0.5) is 5.69 Å². The van der Waals surface area contributed by atoms with Crippen molar-refractivity contribution in [3.8, 4) is 11.5 Å². The van der Waals surface area contributed by atoms with Gasteiger partial charge in [0.15, 0.2) is 0 Å². The predicted molar refractivity (Wildman–Crippen MR) is 112 cm³/mol. The highest BCUT2D eigenvalue weighted by Crippen LogP contribution is 2.29. The minimum atomic E-state index is 0.410. The standard InChI is InChI=1S/C22H29N3O2/c1-5-7-17-14-16(19(23)12-13-24-2)10-11-21(17)27-15-18-20(25-3)8-6-9-22(18)26-4/h6,8-14,23-25H,5,7,15H2,1-4H3/b13-12-,23-19?. The van der Waals surface area contributed by atoms with E-state index in [-0.39, 0.29) is 0 Å². The van der Waals surface area contributed by atoms with Crippen LogP contribution in [0.3, 0.4) is 0 Å². The molecule has 0 aliphatic heterocycles. The summed E-state index contributed by atoms with van der Waals surface area (Å²) in [6, 6.07) is 11.8. The Hall–Kier alpha value is -2.95. The molecule has 0 saturated heterocycles. The lowest BCUT2D eigenvalue weighted by molar-refractivity contribution is 0.294. The van der Waals surface area contributed by atoms with E-state index in [4.69, 9.17) is 14.9 Å². The van der Waals surface area contributed by atoms with E-state index >= 15 is 0 Å². The van der Waals surface area contributed by atoms with E-state index in [1.807, 2.05) is 50.5 Å². The third-order valence-corrected chi connectivity index (χ3v) is 4.30. The SMILES string of the molecule is CCCc1cc(C(=N)/C=C\NC)ccc1OCc1c(NC)cccc1OC. The monoisotopic (exact) mass is 367 g/mol. The van der Waals surface area contributed by atoms with Crippen molar-refractivity contribution in [1.29, 1.82) is 5.41 Å². The summed E-state index contributed by atoms with van der Waals surface area (Å²) in [5.41, 5.74) is 4.43. The van der Waals surface area contributed by atoms with Gasteiger partial charge >= 0.3 is 0 Å². The summed E-state index contributed by atoms with van der Waals surface area (Å²) >= 11 is 0. The van der Waals surface area contributed by atoms with Gasteiger partial charge in [-0.1, -0.05) is 19.4 Å². The summed E-state index contributed by atoms with van der Waals surface area (Å²) in [7, 11) is 5.38. The molecule has 2 rings (SSSR count). The molecule has 2 aromatic rings. The number of hydrogen-bond donors (Lipinski definition) is 3. The molecule has 0 saturated carbocycles. The molecule has 2 aromatic carbocycles. The van der Waals surface area contributed by atoms with E-state index in [2.05, 4.69) is 17.6 Å². The number of rotatable bonds is 10. The Bertz CT molecular complexity index is 778. The average molecular weight is 367 g/mol. The van der Waals surface area contributed by atoms with E-state index in [1.54, 1.807) is 19.4 Å². The van der Waals surface area contributed by atoms with Gasteiger partial charge in [0.25, 0.3) is 0 Å². The number of anilines is 1. The smallest absolute Gasteiger partial charge is 0.127 e. The van der Waals surface area contributed by atoms with Crippen LogP contribution in [0.2, 0.25) is 0 Å². The molecule has 144 valence electrons. The molecule has 0 unspecified atom stereocenters. The molecule has 27 heavy (non-hydrogen) atoms. The maximum Gasteiger partial charge on any atom is 0.127 e. The first kappa shape index (κ1) is 20.4. The Kier molecular flexibility index (Phi) is 7.74. The van der Waals surface area contributed by atoms with E-state index < -0.39 is 0 Å². The van der Waals surface area contributed by atoms with Crippen LogP contribution >= 0.6 is 0 Å². The molecule has 0 fully saturated rings. The van der Waals surface area contributed by atoms with Crippen LogP contribution < -0.4 is 20.1 Å². The molecule has 0 bridgehead atoms. The van der Waals surface area contributed by atoms with E-state index in [1.165, 1.54) is 0 Å². The molecule has 0 amide bonds. The van der Waals surface area contributed by atoms with Crippen molar-refractivity contribution in [1.82, 2.24) is 5.32 Å². The van der Waals surface area contributed by atoms with Crippen LogP contribution in [0.1, 0.15) is 30.0 Å². The summed E-state index contributed by atoms with van der Waals surface area (Å²) in [5.74, 6) is 1.65. The highest BCUT2D eigenvalue weighted by Gasteiger charge is 2.12. The Morgan fingerprint density at radius 3 is 2.63 bits per heavy atom. The molecule has 3 N–H and O–H groups in total. The first-order valence-electron chi connectivity index (χ1n) is 9.16. The molecule has 0 radical (unpaired) electrons. The van der Waals surface area contributed by atoms with Crippen LogP contribution in [0, 0.1) is 5.41 Å². The van der Waals surface area contributed by atoms with Crippen molar-refractivity contribution in [2.24, 2.45) is 0 Å². The molecule has 0 aromatic heterocycles. The van der Waals surface area contributed by atoms with Crippen LogP contribution in [0.5, 0.6) is 11.5 Å². The molecule has 5 heteroatoms. The molecular weight excluding hydrogens is 338 g/mol. The molecule has 0 heterocycles. The van der Waals surface area contributed by atoms with Crippen LogP contribution in [-0.4, -0.2) is 26.9 Å². The molecule has 0 aliphatic rings. The molecule has 0 atom stereocenters. The van der Waals surface area contributed by atoms with Gasteiger partial charge in [0.2, 0.25) is 0 Å². The van der Waals surface area contributed by atoms with E-state index in [9.17, 15) is 0 Å². The number of hydrogen-bond acceptors (Lipinski definition) is 5. The third-order valence-electron chi connectivity index (χ3n) is 4.30. The number of nitrogens with one attached hydrogen (secondary N) is 3. The summed E-state index contributed by atoms with van der Waals surface area (Å²) in [5, 5.41) is 14.3. The van der Waals surface area contributed by atoms with Gasteiger partial charge in [-0.25, -0.2) is 0 Å². The molecule has 0 spiro atoms. The van der Waals surface area contributed by atoms with Gasteiger partial charge in [-0.2, -0.15) is 0 Å². The van der Waals surface area contributed by atoms with Gasteiger partial charge in [0.1, 0.15) is 18.1 Å². The fourth-order valence-corrected chi connectivity index (χ4v) is 2.91. The number of allylic oxidation sites excluding steroid dienone is 1. The number of benzene rings is 2. The Balaban J connectivity index is 2.26. The Labute approximate surface area is 161 Å². The number of aryl methyl sites for hydroxylation is 1.